The van der Waals surface area contributed by atoms with E-state index < -0.39 is 0 Å². The lowest BCUT2D eigenvalue weighted by molar-refractivity contribution is 1.18. The number of anilines is 9. The van der Waals surface area contributed by atoms with Gasteiger partial charge < -0.3 is 23.8 Å². The second-order valence-corrected chi connectivity index (χ2v) is 24.8. The summed E-state index contributed by atoms with van der Waals surface area (Å²) in [7, 11) is 0. The van der Waals surface area contributed by atoms with Gasteiger partial charge in [0.2, 0.25) is 0 Å². The summed E-state index contributed by atoms with van der Waals surface area (Å²) < 4.78 is 4.74. The van der Waals surface area contributed by atoms with Gasteiger partial charge in [-0.3, -0.25) is 0 Å². The van der Waals surface area contributed by atoms with Crippen LogP contribution in [0.4, 0.5) is 51.2 Å². The van der Waals surface area contributed by atoms with E-state index in [4.69, 9.17) is 0 Å². The molecule has 444 valence electrons. The van der Waals surface area contributed by atoms with Crippen LogP contribution in [0.25, 0.3) is 98.1 Å². The standard InChI is InChI=1S/C88H61N5S/c1-6-20-66(21-7-1)87-58-59-88(94-87)67-42-52-74(53-43-67)89(72-44-34-62(35-45-72)64-38-48-75(49-39-64)90(68-22-8-2-9-23-68)77-54-56-85-81(60-77)79-30-16-18-32-83(79)92(85)70-26-12-4-13-27-70)73-46-36-63(37-47-73)65-40-50-76(51-41-65)91(69-24-10-3-11-25-69)78-55-57-86-82(61-78)80-31-17-19-33-84(80)93(86)71-28-14-5-15-29-71/h1-61H. The molecule has 14 aromatic carbocycles. The fourth-order valence-corrected chi connectivity index (χ4v) is 14.7. The molecule has 3 aromatic heterocycles. The minimum absolute atomic E-state index is 1.07. The van der Waals surface area contributed by atoms with E-state index in [0.29, 0.717) is 0 Å². The van der Waals surface area contributed by atoms with Crippen molar-refractivity contribution in [1.82, 2.24) is 9.13 Å². The first-order valence-electron chi connectivity index (χ1n) is 32.0. The summed E-state index contributed by atoms with van der Waals surface area (Å²) in [6.45, 7) is 0. The highest BCUT2D eigenvalue weighted by Crippen LogP contribution is 2.45. The molecule has 17 rings (SSSR count). The molecule has 0 amide bonds. The largest absolute Gasteiger partial charge is 0.311 e. The number of fused-ring (bicyclic) bond motifs is 6. The van der Waals surface area contributed by atoms with Crippen LogP contribution in [0, 0.1) is 0 Å². The van der Waals surface area contributed by atoms with Crippen molar-refractivity contribution in [3.8, 4) is 54.5 Å². The van der Waals surface area contributed by atoms with E-state index in [1.165, 1.54) is 64.5 Å². The highest BCUT2D eigenvalue weighted by Gasteiger charge is 2.21. The Balaban J connectivity index is 0.685. The lowest BCUT2D eigenvalue weighted by Gasteiger charge is -2.27. The third-order valence-corrected chi connectivity index (χ3v) is 19.3. The molecule has 0 spiro atoms. The SMILES string of the molecule is c1ccc(-c2ccc(-c3ccc(N(c4ccc(-c5ccc(N(c6ccccc6)c6ccc7c(c6)c6ccccc6n7-c6ccccc6)cc5)cc4)c4ccc(-c5ccc(N(c6ccccc6)c6ccc7c(c6)c6ccccc6n7-c6ccccc6)cc5)cc4)cc3)s2)cc1. The Morgan fingerprint density at radius 1 is 0.181 bits per heavy atom. The van der Waals surface area contributed by atoms with Gasteiger partial charge in [0.15, 0.2) is 0 Å². The third-order valence-electron chi connectivity index (χ3n) is 18.1. The Hall–Kier alpha value is -12.2. The van der Waals surface area contributed by atoms with Gasteiger partial charge in [-0.25, -0.2) is 0 Å². The van der Waals surface area contributed by atoms with Gasteiger partial charge in [0.1, 0.15) is 0 Å². The van der Waals surface area contributed by atoms with Crippen molar-refractivity contribution in [1.29, 1.82) is 0 Å². The van der Waals surface area contributed by atoms with Gasteiger partial charge in [-0.2, -0.15) is 0 Å². The molecule has 0 saturated heterocycles. The molecule has 94 heavy (non-hydrogen) atoms. The molecule has 0 saturated carbocycles. The Labute approximate surface area is 551 Å². The summed E-state index contributed by atoms with van der Waals surface area (Å²) in [5.74, 6) is 0. The molecule has 0 atom stereocenters. The molecule has 0 aliphatic heterocycles. The van der Waals surface area contributed by atoms with Crippen molar-refractivity contribution in [2.75, 3.05) is 14.7 Å². The molecule has 0 fully saturated rings. The number of thiophene rings is 1. The van der Waals surface area contributed by atoms with Crippen LogP contribution >= 0.6 is 11.3 Å². The maximum Gasteiger partial charge on any atom is 0.0542 e. The van der Waals surface area contributed by atoms with Gasteiger partial charge in [-0.1, -0.05) is 200 Å². The Bertz CT molecular complexity index is 5210. The molecule has 0 radical (unpaired) electrons. The highest BCUT2D eigenvalue weighted by molar-refractivity contribution is 7.18. The lowest BCUT2D eigenvalue weighted by Crippen LogP contribution is -2.10. The number of hydrogen-bond donors (Lipinski definition) is 0. The smallest absolute Gasteiger partial charge is 0.0542 e. The summed E-state index contributed by atoms with van der Waals surface area (Å²) >= 11 is 1.83. The summed E-state index contributed by atoms with van der Waals surface area (Å²) in [4.78, 5) is 9.59. The number of hydrogen-bond acceptors (Lipinski definition) is 4. The van der Waals surface area contributed by atoms with Crippen molar-refractivity contribution >= 4 is 106 Å². The molecule has 0 bridgehead atoms. The molecule has 6 heteroatoms. The van der Waals surface area contributed by atoms with E-state index in [1.807, 2.05) is 11.3 Å². The van der Waals surface area contributed by atoms with Gasteiger partial charge in [0, 0.05) is 93.9 Å². The van der Waals surface area contributed by atoms with Crippen LogP contribution in [-0.4, -0.2) is 9.13 Å². The second-order valence-electron chi connectivity index (χ2n) is 23.7. The number of benzene rings is 14. The topological polar surface area (TPSA) is 19.6 Å². The van der Waals surface area contributed by atoms with Crippen LogP contribution in [0.1, 0.15) is 0 Å². The van der Waals surface area contributed by atoms with Crippen molar-refractivity contribution in [3.63, 3.8) is 0 Å². The fraction of sp³-hybridized carbons (Fsp3) is 0. The molecule has 0 aliphatic rings. The van der Waals surface area contributed by atoms with Crippen LogP contribution in [0.3, 0.4) is 0 Å². The van der Waals surface area contributed by atoms with Crippen molar-refractivity contribution in [3.05, 3.63) is 370 Å². The van der Waals surface area contributed by atoms with Gasteiger partial charge >= 0.3 is 0 Å². The number of para-hydroxylation sites is 6. The van der Waals surface area contributed by atoms with Gasteiger partial charge in [0.25, 0.3) is 0 Å². The molecule has 5 nitrogen and oxygen atoms in total. The second kappa shape index (κ2) is 24.2. The lowest BCUT2D eigenvalue weighted by atomic mass is 10.0. The molecular formula is C88H61N5S. The predicted molar refractivity (Wildman–Crippen MR) is 399 cm³/mol. The molecule has 3 heterocycles. The number of aromatic nitrogens is 2. The maximum absolute atomic E-state index is 2.37. The average molecular weight is 1220 g/mol. The first kappa shape index (κ1) is 55.8. The van der Waals surface area contributed by atoms with Crippen LogP contribution in [0.15, 0.2) is 370 Å². The van der Waals surface area contributed by atoms with Gasteiger partial charge in [-0.15, -0.1) is 11.3 Å². The summed E-state index contributed by atoms with van der Waals surface area (Å²) in [6.07, 6.45) is 0. The van der Waals surface area contributed by atoms with Crippen molar-refractivity contribution < 1.29 is 0 Å². The van der Waals surface area contributed by atoms with E-state index in [1.54, 1.807) is 0 Å². The van der Waals surface area contributed by atoms with Crippen molar-refractivity contribution in [2.45, 2.75) is 0 Å². The van der Waals surface area contributed by atoms with E-state index in [-0.39, 0.29) is 0 Å². The maximum atomic E-state index is 2.37. The zero-order valence-electron chi connectivity index (χ0n) is 51.4. The van der Waals surface area contributed by atoms with Crippen LogP contribution in [-0.2, 0) is 0 Å². The van der Waals surface area contributed by atoms with Crippen LogP contribution in [0.5, 0.6) is 0 Å². The van der Waals surface area contributed by atoms with Crippen LogP contribution in [0.2, 0.25) is 0 Å². The van der Waals surface area contributed by atoms with E-state index >= 15 is 0 Å². The highest BCUT2D eigenvalue weighted by atomic mass is 32.1. The zero-order valence-corrected chi connectivity index (χ0v) is 52.2. The van der Waals surface area contributed by atoms with E-state index in [2.05, 4.69) is 394 Å². The molecule has 17 aromatic rings. The molecule has 0 unspecified atom stereocenters. The monoisotopic (exact) mass is 1220 g/mol. The quantitative estimate of drug-likeness (QED) is 0.102. The first-order chi connectivity index (χ1) is 46.6. The number of rotatable bonds is 15. The first-order valence-corrected chi connectivity index (χ1v) is 32.8. The van der Waals surface area contributed by atoms with E-state index in [0.717, 1.165) is 84.8 Å². The minimum Gasteiger partial charge on any atom is -0.311 e. The molecular weight excluding hydrogens is 1160 g/mol. The third kappa shape index (κ3) is 10.3. The number of nitrogens with zero attached hydrogens (tertiary/aromatic N) is 5. The van der Waals surface area contributed by atoms with E-state index in [9.17, 15) is 0 Å². The summed E-state index contributed by atoms with van der Waals surface area (Å²) in [6, 6.07) is 134. The minimum atomic E-state index is 1.07. The fourth-order valence-electron chi connectivity index (χ4n) is 13.6. The van der Waals surface area contributed by atoms with Gasteiger partial charge in [0.05, 0.1) is 22.1 Å². The summed E-state index contributed by atoms with van der Waals surface area (Å²) in [5.41, 5.74) is 23.8. The van der Waals surface area contributed by atoms with Gasteiger partial charge in [-0.05, 0) is 203 Å². The Morgan fingerprint density at radius 3 is 0.798 bits per heavy atom. The molecule has 0 N–H and O–H groups in total. The molecule has 0 aliphatic carbocycles. The normalized spacial score (nSPS) is 11.4. The zero-order chi connectivity index (χ0) is 62.3. The summed E-state index contributed by atoms with van der Waals surface area (Å²) in [5, 5.41) is 4.87. The predicted octanol–water partition coefficient (Wildman–Crippen LogP) is 25.0. The van der Waals surface area contributed by atoms with Crippen molar-refractivity contribution in [2.24, 2.45) is 0 Å². The Morgan fingerprint density at radius 2 is 0.436 bits per heavy atom. The Kier molecular flexibility index (Phi) is 14.4. The average Bonchev–Trinajstić information content (AvgIpc) is 1.44. The van der Waals surface area contributed by atoms with Crippen LogP contribution < -0.4 is 14.7 Å².